The van der Waals surface area contributed by atoms with E-state index in [-0.39, 0.29) is 23.6 Å². The number of carbonyl (C=O) groups excluding carboxylic acids is 2. The smallest absolute Gasteiger partial charge is 0.345 e. The summed E-state index contributed by atoms with van der Waals surface area (Å²) in [5, 5.41) is 10.9. The number of benzene rings is 1. The third-order valence-corrected chi connectivity index (χ3v) is 5.71. The van der Waals surface area contributed by atoms with Crippen molar-refractivity contribution >= 4 is 27.4 Å². The zero-order valence-corrected chi connectivity index (χ0v) is 14.4. The molecular weight excluding hydrogens is 352 g/mol. The van der Waals surface area contributed by atoms with E-state index < -0.39 is 45.0 Å². The average Bonchev–Trinajstić information content (AvgIpc) is 2.92. The number of hydrogen-bond acceptors (Lipinski definition) is 7. The molecule has 0 N–H and O–H groups in total. The van der Waals surface area contributed by atoms with Crippen LogP contribution < -0.4 is 0 Å². The first-order valence-corrected chi connectivity index (χ1v) is 9.47. The fourth-order valence-electron chi connectivity index (χ4n) is 2.75. The first-order valence-electron chi connectivity index (χ1n) is 7.65. The number of nitrogens with zero attached hydrogens (tertiary/aromatic N) is 2. The SMILES string of the molecule is CCN(C(=O)COC(=O)c1ccccc1[N+](=O)[O-])[C@H]1CCS(=O)(=O)C1. The van der Waals surface area contributed by atoms with Gasteiger partial charge < -0.3 is 9.64 Å². The van der Waals surface area contributed by atoms with Crippen LogP contribution in [-0.2, 0) is 19.4 Å². The van der Waals surface area contributed by atoms with Crippen LogP contribution in [0.2, 0.25) is 0 Å². The monoisotopic (exact) mass is 370 g/mol. The van der Waals surface area contributed by atoms with Crippen LogP contribution in [0.4, 0.5) is 5.69 Å². The standard InChI is InChI=1S/C15H18N2O7S/c1-2-16(11-7-8-25(22,23)10-11)14(18)9-24-15(19)12-5-3-4-6-13(12)17(20)21/h3-6,11H,2,7-10H2,1H3/t11-/m0/s1. The Balaban J connectivity index is 2.01. The minimum atomic E-state index is -3.15. The molecule has 0 bridgehead atoms. The number of amides is 1. The normalized spacial score (nSPS) is 18.5. The molecule has 0 radical (unpaired) electrons. The zero-order chi connectivity index (χ0) is 18.6. The zero-order valence-electron chi connectivity index (χ0n) is 13.6. The molecule has 1 atom stereocenters. The lowest BCUT2D eigenvalue weighted by atomic mass is 10.2. The fraction of sp³-hybridized carbons (Fsp3) is 0.467. The molecule has 1 aromatic rings. The molecule has 1 amide bonds. The number of sulfone groups is 1. The molecule has 0 unspecified atom stereocenters. The summed E-state index contributed by atoms with van der Waals surface area (Å²) in [6.45, 7) is 1.38. The minimum Gasteiger partial charge on any atom is -0.452 e. The molecule has 9 nitrogen and oxygen atoms in total. The number of ether oxygens (including phenoxy) is 1. The van der Waals surface area contributed by atoms with Gasteiger partial charge in [-0.2, -0.15) is 0 Å². The summed E-state index contributed by atoms with van der Waals surface area (Å²) in [6, 6.07) is 4.84. The van der Waals surface area contributed by atoms with Crippen LogP contribution in [0, 0.1) is 10.1 Å². The Bertz CT molecular complexity index is 791. The van der Waals surface area contributed by atoms with Gasteiger partial charge in [-0.15, -0.1) is 0 Å². The van der Waals surface area contributed by atoms with Gasteiger partial charge in [-0.3, -0.25) is 14.9 Å². The van der Waals surface area contributed by atoms with E-state index in [4.69, 9.17) is 4.74 Å². The molecular formula is C15H18N2O7S. The van der Waals surface area contributed by atoms with Crippen LogP contribution in [0.5, 0.6) is 0 Å². The van der Waals surface area contributed by atoms with Crippen molar-refractivity contribution in [2.24, 2.45) is 0 Å². The number of hydrogen-bond donors (Lipinski definition) is 0. The summed E-state index contributed by atoms with van der Waals surface area (Å²) in [6.07, 6.45) is 0.347. The molecule has 0 aliphatic carbocycles. The van der Waals surface area contributed by atoms with Gasteiger partial charge in [-0.05, 0) is 19.4 Å². The Morgan fingerprint density at radius 1 is 1.36 bits per heavy atom. The van der Waals surface area contributed by atoms with Gasteiger partial charge in [0.15, 0.2) is 16.4 Å². The van der Waals surface area contributed by atoms with E-state index in [2.05, 4.69) is 0 Å². The van der Waals surface area contributed by atoms with Gasteiger partial charge in [0.25, 0.3) is 11.6 Å². The summed E-state index contributed by atoms with van der Waals surface area (Å²) in [4.78, 5) is 35.8. The maximum absolute atomic E-state index is 12.2. The highest BCUT2D eigenvalue weighted by atomic mass is 32.2. The Morgan fingerprint density at radius 3 is 2.60 bits per heavy atom. The first-order chi connectivity index (χ1) is 11.7. The molecule has 1 heterocycles. The Kier molecular flexibility index (Phi) is 5.73. The number of nitro benzene ring substituents is 1. The second-order valence-electron chi connectivity index (χ2n) is 5.59. The molecule has 25 heavy (non-hydrogen) atoms. The van der Waals surface area contributed by atoms with Crippen LogP contribution in [0.25, 0.3) is 0 Å². The summed E-state index contributed by atoms with van der Waals surface area (Å²) in [5.41, 5.74) is -0.652. The van der Waals surface area contributed by atoms with E-state index in [9.17, 15) is 28.1 Å². The van der Waals surface area contributed by atoms with Crippen molar-refractivity contribution in [3.05, 3.63) is 39.9 Å². The van der Waals surface area contributed by atoms with Gasteiger partial charge in [-0.1, -0.05) is 12.1 Å². The van der Waals surface area contributed by atoms with Gasteiger partial charge in [0.2, 0.25) is 0 Å². The minimum absolute atomic E-state index is 0.0252. The molecule has 136 valence electrons. The molecule has 1 fully saturated rings. The molecule has 1 aliphatic heterocycles. The van der Waals surface area contributed by atoms with Gasteiger partial charge in [0.05, 0.1) is 16.4 Å². The molecule has 1 aromatic carbocycles. The van der Waals surface area contributed by atoms with Gasteiger partial charge in [-0.25, -0.2) is 13.2 Å². The Hall–Kier alpha value is -2.49. The maximum Gasteiger partial charge on any atom is 0.345 e. The van der Waals surface area contributed by atoms with Gasteiger partial charge >= 0.3 is 5.97 Å². The topological polar surface area (TPSA) is 124 Å². The lowest BCUT2D eigenvalue weighted by Crippen LogP contribution is -2.43. The highest BCUT2D eigenvalue weighted by molar-refractivity contribution is 7.91. The number of esters is 1. The summed E-state index contributed by atoms with van der Waals surface area (Å²) < 4.78 is 28.0. The van der Waals surface area contributed by atoms with Gasteiger partial charge in [0.1, 0.15) is 5.56 Å². The second kappa shape index (κ2) is 7.60. The van der Waals surface area contributed by atoms with Crippen LogP contribution >= 0.6 is 0 Å². The lowest BCUT2D eigenvalue weighted by molar-refractivity contribution is -0.385. The molecule has 0 saturated carbocycles. The quantitative estimate of drug-likeness (QED) is 0.412. The van der Waals surface area contributed by atoms with Crippen LogP contribution in [0.1, 0.15) is 23.7 Å². The van der Waals surface area contributed by atoms with Gasteiger partial charge in [0, 0.05) is 18.7 Å². The number of rotatable bonds is 6. The van der Waals surface area contributed by atoms with E-state index in [1.54, 1.807) is 6.92 Å². The van der Waals surface area contributed by atoms with Crippen LogP contribution in [-0.4, -0.2) is 60.8 Å². The van der Waals surface area contributed by atoms with Crippen LogP contribution in [0.15, 0.2) is 24.3 Å². The van der Waals surface area contributed by atoms with Crippen molar-refractivity contribution in [2.75, 3.05) is 24.7 Å². The molecule has 10 heteroatoms. The van der Waals surface area contributed by atoms with E-state index in [1.165, 1.54) is 29.2 Å². The number of likely N-dealkylation sites (N-methyl/N-ethyl adjacent to an activating group) is 1. The van der Waals surface area contributed by atoms with Crippen molar-refractivity contribution in [1.82, 2.24) is 4.90 Å². The molecule has 0 spiro atoms. The Labute approximate surface area is 144 Å². The summed E-state index contributed by atoms with van der Waals surface area (Å²) in [5.74, 6) is -1.59. The fourth-order valence-corrected chi connectivity index (χ4v) is 4.48. The largest absolute Gasteiger partial charge is 0.452 e. The maximum atomic E-state index is 12.2. The number of nitro groups is 1. The summed E-state index contributed by atoms with van der Waals surface area (Å²) >= 11 is 0. The van der Waals surface area contributed by atoms with E-state index in [0.29, 0.717) is 6.42 Å². The molecule has 0 aromatic heterocycles. The molecule has 1 saturated heterocycles. The van der Waals surface area contributed by atoms with Crippen LogP contribution in [0.3, 0.4) is 0 Å². The third kappa shape index (κ3) is 4.53. The predicted octanol–water partition coefficient (Wildman–Crippen LogP) is 0.787. The number of para-hydroxylation sites is 1. The van der Waals surface area contributed by atoms with E-state index >= 15 is 0 Å². The molecule has 1 aliphatic rings. The van der Waals surface area contributed by atoms with E-state index in [1.807, 2.05) is 0 Å². The lowest BCUT2D eigenvalue weighted by Gasteiger charge is -2.26. The molecule has 2 rings (SSSR count). The van der Waals surface area contributed by atoms with Crippen molar-refractivity contribution in [3.63, 3.8) is 0 Å². The summed E-state index contributed by atoms with van der Waals surface area (Å²) in [7, 11) is -3.15. The Morgan fingerprint density at radius 2 is 2.04 bits per heavy atom. The average molecular weight is 370 g/mol. The van der Waals surface area contributed by atoms with E-state index in [0.717, 1.165) is 0 Å². The van der Waals surface area contributed by atoms with Crippen molar-refractivity contribution in [2.45, 2.75) is 19.4 Å². The first kappa shape index (κ1) is 18.8. The van der Waals surface area contributed by atoms with Crippen molar-refractivity contribution in [3.8, 4) is 0 Å². The second-order valence-corrected chi connectivity index (χ2v) is 7.82. The predicted molar refractivity (Wildman–Crippen MR) is 87.8 cm³/mol. The van der Waals surface area contributed by atoms with Crippen molar-refractivity contribution < 1.29 is 27.7 Å². The van der Waals surface area contributed by atoms with Crippen molar-refractivity contribution in [1.29, 1.82) is 0 Å². The highest BCUT2D eigenvalue weighted by Gasteiger charge is 2.34. The highest BCUT2D eigenvalue weighted by Crippen LogP contribution is 2.20. The number of carbonyl (C=O) groups is 2. The third-order valence-electron chi connectivity index (χ3n) is 3.96.